The Morgan fingerprint density at radius 3 is 2.65 bits per heavy atom. The summed E-state index contributed by atoms with van der Waals surface area (Å²) in [5, 5.41) is 13.4. The molecule has 0 unspecified atom stereocenters. The molecular weight excluding hydrogens is 298 g/mol. The van der Waals surface area contributed by atoms with Crippen LogP contribution in [0, 0.1) is 0 Å². The Morgan fingerprint density at radius 2 is 2.00 bits per heavy atom. The van der Waals surface area contributed by atoms with Crippen LogP contribution >= 0.6 is 0 Å². The maximum atomic E-state index is 12.5. The van der Waals surface area contributed by atoms with Crippen LogP contribution in [0.15, 0.2) is 36.5 Å². The normalized spacial score (nSPS) is 17.3. The number of likely N-dealkylation sites (tertiary alicyclic amines) is 1. The molecule has 1 atom stereocenters. The molecular formula is C16H17N3O4. The Balaban J connectivity index is 1.80. The minimum absolute atomic E-state index is 0.244. The molecule has 1 fully saturated rings. The quantitative estimate of drug-likeness (QED) is 0.926. The van der Waals surface area contributed by atoms with Crippen LogP contribution in [0.25, 0.3) is 5.69 Å². The number of carbonyl (C=O) groups excluding carboxylic acids is 1. The monoisotopic (exact) mass is 315 g/mol. The fourth-order valence-corrected chi connectivity index (χ4v) is 2.73. The maximum Gasteiger partial charge on any atom is 0.326 e. The number of ether oxygens (including phenoxy) is 1. The van der Waals surface area contributed by atoms with Crippen molar-refractivity contribution in [2.45, 2.75) is 18.9 Å². The molecule has 0 spiro atoms. The van der Waals surface area contributed by atoms with Crippen molar-refractivity contribution in [1.82, 2.24) is 14.7 Å². The van der Waals surface area contributed by atoms with E-state index < -0.39 is 12.0 Å². The van der Waals surface area contributed by atoms with Gasteiger partial charge in [0.05, 0.1) is 12.8 Å². The third kappa shape index (κ3) is 2.90. The lowest BCUT2D eigenvalue weighted by Crippen LogP contribution is -2.40. The third-order valence-corrected chi connectivity index (χ3v) is 3.94. The summed E-state index contributed by atoms with van der Waals surface area (Å²) >= 11 is 0. The van der Waals surface area contributed by atoms with Gasteiger partial charge in [0.1, 0.15) is 11.8 Å². The van der Waals surface area contributed by atoms with Crippen molar-refractivity contribution in [3.63, 3.8) is 0 Å². The van der Waals surface area contributed by atoms with E-state index in [2.05, 4.69) is 5.10 Å². The molecule has 1 amide bonds. The Bertz CT molecular complexity index is 723. The summed E-state index contributed by atoms with van der Waals surface area (Å²) in [6.07, 6.45) is 2.86. The molecule has 2 heterocycles. The summed E-state index contributed by atoms with van der Waals surface area (Å²) in [5.74, 6) is -0.578. The van der Waals surface area contributed by atoms with Crippen molar-refractivity contribution < 1.29 is 19.4 Å². The predicted molar refractivity (Wildman–Crippen MR) is 81.8 cm³/mol. The molecule has 7 nitrogen and oxygen atoms in total. The first-order valence-corrected chi connectivity index (χ1v) is 7.34. The summed E-state index contributed by atoms with van der Waals surface area (Å²) < 4.78 is 6.69. The average molecular weight is 315 g/mol. The minimum atomic E-state index is -0.967. The molecule has 2 aromatic rings. The molecule has 0 aliphatic carbocycles. The standard InChI is InChI=1S/C16H17N3O4/c1-23-12-6-4-11(5-7-12)19-10-8-13(17-19)15(20)18-9-2-3-14(18)16(21)22/h4-8,10,14H,2-3,9H2,1H3,(H,21,22)/t14-/m0/s1. The highest BCUT2D eigenvalue weighted by molar-refractivity contribution is 5.95. The average Bonchev–Trinajstić information content (AvgIpc) is 3.23. The van der Waals surface area contributed by atoms with Gasteiger partial charge in [0, 0.05) is 12.7 Å². The van der Waals surface area contributed by atoms with Gasteiger partial charge in [-0.15, -0.1) is 0 Å². The van der Waals surface area contributed by atoms with Gasteiger partial charge in [0.15, 0.2) is 5.69 Å². The van der Waals surface area contributed by atoms with E-state index in [1.807, 2.05) is 12.1 Å². The molecule has 1 saturated heterocycles. The number of hydrogen-bond acceptors (Lipinski definition) is 4. The first-order chi connectivity index (χ1) is 11.1. The summed E-state index contributed by atoms with van der Waals surface area (Å²) in [5.41, 5.74) is 1.04. The zero-order chi connectivity index (χ0) is 16.4. The first-order valence-electron chi connectivity index (χ1n) is 7.34. The Hall–Kier alpha value is -2.83. The van der Waals surface area contributed by atoms with Gasteiger partial charge >= 0.3 is 5.97 Å². The van der Waals surface area contributed by atoms with Gasteiger partial charge in [0.25, 0.3) is 5.91 Å². The smallest absolute Gasteiger partial charge is 0.326 e. The number of rotatable bonds is 4. The lowest BCUT2D eigenvalue weighted by Gasteiger charge is -2.20. The predicted octanol–water partition coefficient (Wildman–Crippen LogP) is 1.57. The van der Waals surface area contributed by atoms with E-state index in [4.69, 9.17) is 4.74 Å². The SMILES string of the molecule is COc1ccc(-n2ccc(C(=O)N3CCC[C@H]3C(=O)O)n2)cc1. The molecule has 1 aromatic heterocycles. The van der Waals surface area contributed by atoms with Crippen LogP contribution in [0.1, 0.15) is 23.3 Å². The Labute approximate surface area is 133 Å². The summed E-state index contributed by atoms with van der Waals surface area (Å²) in [6.45, 7) is 0.450. The van der Waals surface area contributed by atoms with E-state index in [1.54, 1.807) is 36.2 Å². The number of methoxy groups -OCH3 is 1. The van der Waals surface area contributed by atoms with Gasteiger partial charge in [-0.25, -0.2) is 9.48 Å². The fourth-order valence-electron chi connectivity index (χ4n) is 2.73. The lowest BCUT2D eigenvalue weighted by atomic mass is 10.2. The molecule has 1 N–H and O–H groups in total. The molecule has 23 heavy (non-hydrogen) atoms. The number of hydrogen-bond donors (Lipinski definition) is 1. The molecule has 3 rings (SSSR count). The van der Waals surface area contributed by atoms with Crippen LogP contribution in [-0.2, 0) is 4.79 Å². The highest BCUT2D eigenvalue weighted by atomic mass is 16.5. The second-order valence-corrected chi connectivity index (χ2v) is 5.34. The van der Waals surface area contributed by atoms with E-state index in [0.29, 0.717) is 19.4 Å². The van der Waals surface area contributed by atoms with Crippen LogP contribution < -0.4 is 4.74 Å². The van der Waals surface area contributed by atoms with Crippen molar-refractivity contribution in [3.8, 4) is 11.4 Å². The number of nitrogens with zero attached hydrogens (tertiary/aromatic N) is 3. The highest BCUT2D eigenvalue weighted by Gasteiger charge is 2.35. The minimum Gasteiger partial charge on any atom is -0.497 e. The maximum absolute atomic E-state index is 12.5. The van der Waals surface area contributed by atoms with Gasteiger partial charge in [-0.3, -0.25) is 4.79 Å². The zero-order valence-corrected chi connectivity index (χ0v) is 12.7. The van der Waals surface area contributed by atoms with Crippen LogP contribution in [0.4, 0.5) is 0 Å². The highest BCUT2D eigenvalue weighted by Crippen LogP contribution is 2.20. The van der Waals surface area contributed by atoms with Crippen molar-refractivity contribution in [2.24, 2.45) is 0 Å². The van der Waals surface area contributed by atoms with Crippen molar-refractivity contribution >= 4 is 11.9 Å². The van der Waals surface area contributed by atoms with Crippen LogP contribution in [0.2, 0.25) is 0 Å². The largest absolute Gasteiger partial charge is 0.497 e. The van der Waals surface area contributed by atoms with Gasteiger partial charge in [-0.1, -0.05) is 0 Å². The number of benzene rings is 1. The summed E-state index contributed by atoms with van der Waals surface area (Å²) in [7, 11) is 1.59. The third-order valence-electron chi connectivity index (χ3n) is 3.94. The number of carbonyl (C=O) groups is 2. The Morgan fingerprint density at radius 1 is 1.26 bits per heavy atom. The lowest BCUT2D eigenvalue weighted by molar-refractivity contribution is -0.141. The second-order valence-electron chi connectivity index (χ2n) is 5.34. The molecule has 1 aliphatic rings. The number of aliphatic carboxylic acids is 1. The van der Waals surface area contributed by atoms with Gasteiger partial charge in [0.2, 0.25) is 0 Å². The number of carboxylic acid groups (broad SMARTS) is 1. The first kappa shape index (κ1) is 15.1. The van der Waals surface area contributed by atoms with E-state index in [0.717, 1.165) is 11.4 Å². The van der Waals surface area contributed by atoms with Gasteiger partial charge in [-0.05, 0) is 43.2 Å². The number of aromatic nitrogens is 2. The molecule has 0 saturated carbocycles. The zero-order valence-electron chi connectivity index (χ0n) is 12.7. The van der Waals surface area contributed by atoms with Crippen LogP contribution in [0.5, 0.6) is 5.75 Å². The number of carboxylic acids is 1. The summed E-state index contributed by atoms with van der Waals surface area (Å²) in [6, 6.07) is 8.11. The molecule has 120 valence electrons. The van der Waals surface area contributed by atoms with E-state index in [9.17, 15) is 14.7 Å². The van der Waals surface area contributed by atoms with E-state index in [-0.39, 0.29) is 11.6 Å². The summed E-state index contributed by atoms with van der Waals surface area (Å²) in [4.78, 5) is 25.1. The second kappa shape index (κ2) is 6.12. The molecule has 1 aliphatic heterocycles. The van der Waals surface area contributed by atoms with Crippen molar-refractivity contribution in [2.75, 3.05) is 13.7 Å². The van der Waals surface area contributed by atoms with Crippen molar-refractivity contribution in [3.05, 3.63) is 42.2 Å². The number of amides is 1. The van der Waals surface area contributed by atoms with Crippen molar-refractivity contribution in [1.29, 1.82) is 0 Å². The van der Waals surface area contributed by atoms with Crippen LogP contribution in [0.3, 0.4) is 0 Å². The molecule has 7 heteroatoms. The Kier molecular flexibility index (Phi) is 4.01. The molecule has 0 radical (unpaired) electrons. The topological polar surface area (TPSA) is 84.7 Å². The fraction of sp³-hybridized carbons (Fsp3) is 0.312. The van der Waals surface area contributed by atoms with E-state index >= 15 is 0 Å². The van der Waals surface area contributed by atoms with Crippen LogP contribution in [-0.4, -0.2) is 51.4 Å². The van der Waals surface area contributed by atoms with E-state index in [1.165, 1.54) is 4.90 Å². The van der Waals surface area contributed by atoms with Gasteiger partial charge in [-0.2, -0.15) is 5.10 Å². The van der Waals surface area contributed by atoms with Gasteiger partial charge < -0.3 is 14.7 Å². The molecule has 0 bridgehead atoms. The molecule has 1 aromatic carbocycles.